The SMILES string of the molecule is Cc1cn(C)c(Nc2cc(F)cc(F)c2F)n1. The Hall–Kier alpha value is -1.98. The van der Waals surface area contributed by atoms with Gasteiger partial charge in [-0.05, 0) is 6.92 Å². The van der Waals surface area contributed by atoms with E-state index in [9.17, 15) is 13.2 Å². The molecule has 0 saturated heterocycles. The summed E-state index contributed by atoms with van der Waals surface area (Å²) in [5.74, 6) is -2.91. The number of aromatic nitrogens is 2. The predicted molar refractivity (Wildman–Crippen MR) is 57.5 cm³/mol. The first kappa shape index (κ1) is 11.5. The van der Waals surface area contributed by atoms with Gasteiger partial charge < -0.3 is 9.88 Å². The lowest BCUT2D eigenvalue weighted by Crippen LogP contribution is -2.02. The molecule has 3 nitrogen and oxygen atoms in total. The van der Waals surface area contributed by atoms with Gasteiger partial charge in [0.2, 0.25) is 5.95 Å². The Morgan fingerprint density at radius 1 is 1.24 bits per heavy atom. The van der Waals surface area contributed by atoms with Gasteiger partial charge in [0.15, 0.2) is 11.6 Å². The van der Waals surface area contributed by atoms with Crippen LogP contribution in [0.1, 0.15) is 5.69 Å². The normalized spacial score (nSPS) is 10.6. The molecule has 0 aliphatic carbocycles. The Balaban J connectivity index is 2.39. The molecule has 1 N–H and O–H groups in total. The van der Waals surface area contributed by atoms with Crippen LogP contribution in [0.2, 0.25) is 0 Å². The van der Waals surface area contributed by atoms with E-state index in [0.717, 1.165) is 6.07 Å². The average Bonchev–Trinajstić information content (AvgIpc) is 2.53. The molecule has 17 heavy (non-hydrogen) atoms. The molecule has 2 rings (SSSR count). The molecule has 0 bridgehead atoms. The van der Waals surface area contributed by atoms with E-state index in [1.807, 2.05) is 0 Å². The van der Waals surface area contributed by atoms with Crippen molar-refractivity contribution in [1.82, 2.24) is 9.55 Å². The summed E-state index contributed by atoms with van der Waals surface area (Å²) in [4.78, 5) is 4.05. The fourth-order valence-corrected chi connectivity index (χ4v) is 1.50. The van der Waals surface area contributed by atoms with Crippen molar-refractivity contribution in [3.63, 3.8) is 0 Å². The summed E-state index contributed by atoms with van der Waals surface area (Å²) in [5, 5.41) is 2.54. The van der Waals surface area contributed by atoms with Crippen LogP contribution in [0.3, 0.4) is 0 Å². The monoisotopic (exact) mass is 241 g/mol. The zero-order valence-electron chi connectivity index (χ0n) is 9.26. The third-order valence-corrected chi connectivity index (χ3v) is 2.24. The molecule has 0 atom stereocenters. The number of benzene rings is 1. The zero-order valence-corrected chi connectivity index (χ0v) is 9.26. The lowest BCUT2D eigenvalue weighted by Gasteiger charge is -2.07. The predicted octanol–water partition coefficient (Wildman–Crippen LogP) is 2.89. The van der Waals surface area contributed by atoms with Gasteiger partial charge in [-0.1, -0.05) is 0 Å². The van der Waals surface area contributed by atoms with Gasteiger partial charge in [-0.25, -0.2) is 18.2 Å². The first-order valence-electron chi connectivity index (χ1n) is 4.89. The van der Waals surface area contributed by atoms with Gasteiger partial charge in [0.1, 0.15) is 5.82 Å². The Kier molecular flexibility index (Phi) is 2.79. The summed E-state index contributed by atoms with van der Waals surface area (Å²) >= 11 is 0. The molecule has 90 valence electrons. The molecule has 0 amide bonds. The molecule has 0 unspecified atom stereocenters. The molecule has 0 radical (unpaired) electrons. The summed E-state index contributed by atoms with van der Waals surface area (Å²) < 4.78 is 40.9. The van der Waals surface area contributed by atoms with Gasteiger partial charge in [-0.15, -0.1) is 0 Å². The van der Waals surface area contributed by atoms with Crippen LogP contribution in [0, 0.1) is 24.4 Å². The highest BCUT2D eigenvalue weighted by molar-refractivity contribution is 5.55. The maximum Gasteiger partial charge on any atom is 0.207 e. The molecule has 1 heterocycles. The quantitative estimate of drug-likeness (QED) is 0.819. The molecule has 0 aliphatic heterocycles. The van der Waals surface area contributed by atoms with E-state index < -0.39 is 17.5 Å². The number of imidazole rings is 1. The van der Waals surface area contributed by atoms with Crippen LogP contribution in [0.15, 0.2) is 18.3 Å². The highest BCUT2D eigenvalue weighted by Crippen LogP contribution is 2.22. The summed E-state index contributed by atoms with van der Waals surface area (Å²) in [6.07, 6.45) is 1.70. The van der Waals surface area contributed by atoms with Crippen LogP contribution in [0.4, 0.5) is 24.8 Å². The lowest BCUT2D eigenvalue weighted by atomic mass is 10.3. The number of hydrogen-bond donors (Lipinski definition) is 1. The maximum atomic E-state index is 13.4. The van der Waals surface area contributed by atoms with E-state index in [0.29, 0.717) is 17.7 Å². The van der Waals surface area contributed by atoms with Crippen LogP contribution >= 0.6 is 0 Å². The first-order chi connectivity index (χ1) is 7.97. The Bertz CT molecular complexity index is 563. The van der Waals surface area contributed by atoms with Crippen LogP contribution in [0.25, 0.3) is 0 Å². The minimum absolute atomic E-state index is 0.281. The third-order valence-electron chi connectivity index (χ3n) is 2.24. The highest BCUT2D eigenvalue weighted by atomic mass is 19.2. The van der Waals surface area contributed by atoms with Crippen molar-refractivity contribution in [3.8, 4) is 0 Å². The van der Waals surface area contributed by atoms with E-state index in [-0.39, 0.29) is 5.69 Å². The second kappa shape index (κ2) is 4.12. The molecular formula is C11H10F3N3. The summed E-state index contributed by atoms with van der Waals surface area (Å²) in [6.45, 7) is 1.76. The number of aryl methyl sites for hydroxylation is 2. The smallest absolute Gasteiger partial charge is 0.207 e. The Morgan fingerprint density at radius 3 is 2.53 bits per heavy atom. The van der Waals surface area contributed by atoms with E-state index in [1.165, 1.54) is 0 Å². The van der Waals surface area contributed by atoms with E-state index in [4.69, 9.17) is 0 Å². The van der Waals surface area contributed by atoms with Gasteiger partial charge in [0.25, 0.3) is 0 Å². The van der Waals surface area contributed by atoms with Gasteiger partial charge in [-0.2, -0.15) is 0 Å². The van der Waals surface area contributed by atoms with E-state index >= 15 is 0 Å². The van der Waals surface area contributed by atoms with Crippen molar-refractivity contribution in [2.75, 3.05) is 5.32 Å². The van der Waals surface area contributed by atoms with Crippen LogP contribution in [-0.4, -0.2) is 9.55 Å². The topological polar surface area (TPSA) is 29.9 Å². The second-order valence-electron chi connectivity index (χ2n) is 3.69. The second-order valence-corrected chi connectivity index (χ2v) is 3.69. The molecular weight excluding hydrogens is 231 g/mol. The van der Waals surface area contributed by atoms with Gasteiger partial charge in [0, 0.05) is 25.4 Å². The van der Waals surface area contributed by atoms with Gasteiger partial charge in [-0.3, -0.25) is 0 Å². The van der Waals surface area contributed by atoms with Crippen LogP contribution in [-0.2, 0) is 7.05 Å². The molecule has 0 saturated carbocycles. The summed E-state index contributed by atoms with van der Waals surface area (Å²) in [5.41, 5.74) is 0.434. The first-order valence-corrected chi connectivity index (χ1v) is 4.89. The number of halogens is 3. The number of anilines is 2. The van der Waals surface area contributed by atoms with Crippen LogP contribution in [0.5, 0.6) is 0 Å². The highest BCUT2D eigenvalue weighted by Gasteiger charge is 2.13. The summed E-state index contributed by atoms with van der Waals surface area (Å²) in [7, 11) is 1.69. The molecule has 1 aromatic carbocycles. The zero-order chi connectivity index (χ0) is 12.6. The van der Waals surface area contributed by atoms with Crippen molar-refractivity contribution in [2.24, 2.45) is 7.05 Å². The Labute approximate surface area is 95.9 Å². The van der Waals surface area contributed by atoms with Crippen molar-refractivity contribution < 1.29 is 13.2 Å². The fraction of sp³-hybridized carbons (Fsp3) is 0.182. The third kappa shape index (κ3) is 2.25. The van der Waals surface area contributed by atoms with Crippen molar-refractivity contribution >= 4 is 11.6 Å². The maximum absolute atomic E-state index is 13.4. The minimum Gasteiger partial charge on any atom is -0.323 e. The molecule has 0 spiro atoms. The van der Waals surface area contributed by atoms with Crippen molar-refractivity contribution in [3.05, 3.63) is 41.5 Å². The number of rotatable bonds is 2. The molecule has 1 aromatic heterocycles. The number of nitrogens with one attached hydrogen (secondary N) is 1. The number of hydrogen-bond acceptors (Lipinski definition) is 2. The van der Waals surface area contributed by atoms with Gasteiger partial charge in [0.05, 0.1) is 11.4 Å². The molecule has 6 heteroatoms. The van der Waals surface area contributed by atoms with Crippen molar-refractivity contribution in [1.29, 1.82) is 0 Å². The average molecular weight is 241 g/mol. The van der Waals surface area contributed by atoms with Crippen LogP contribution < -0.4 is 5.32 Å². The Morgan fingerprint density at radius 2 is 1.94 bits per heavy atom. The molecule has 0 aliphatic rings. The summed E-state index contributed by atoms with van der Waals surface area (Å²) in [6, 6.07) is 1.37. The largest absolute Gasteiger partial charge is 0.323 e. The molecule has 0 fully saturated rings. The van der Waals surface area contributed by atoms with E-state index in [2.05, 4.69) is 10.3 Å². The van der Waals surface area contributed by atoms with E-state index in [1.54, 1.807) is 24.7 Å². The number of nitrogens with zero attached hydrogens (tertiary/aromatic N) is 2. The van der Waals surface area contributed by atoms with Gasteiger partial charge >= 0.3 is 0 Å². The standard InChI is InChI=1S/C11H10F3N3/c1-6-5-17(2)11(15-6)16-9-4-7(12)3-8(13)10(9)14/h3-5H,1-2H3,(H,15,16). The fourth-order valence-electron chi connectivity index (χ4n) is 1.50. The lowest BCUT2D eigenvalue weighted by molar-refractivity contribution is 0.498. The minimum atomic E-state index is -1.24. The molecule has 2 aromatic rings. The van der Waals surface area contributed by atoms with Crippen molar-refractivity contribution in [2.45, 2.75) is 6.92 Å².